The Balaban J connectivity index is 2.30. The molecule has 1 aromatic rings. The smallest absolute Gasteiger partial charge is 0.242 e. The molecule has 1 saturated carbocycles. The molecule has 17 heavy (non-hydrogen) atoms. The van der Waals surface area contributed by atoms with Crippen LogP contribution >= 0.6 is 0 Å². The molecule has 92 valence electrons. The third-order valence-electron chi connectivity index (χ3n) is 2.57. The molecule has 0 atom stereocenters. The van der Waals surface area contributed by atoms with E-state index in [-0.39, 0.29) is 0 Å². The lowest BCUT2D eigenvalue weighted by molar-refractivity contribution is 0.327. The third kappa shape index (κ3) is 2.67. The van der Waals surface area contributed by atoms with Crippen LogP contribution in [0.3, 0.4) is 0 Å². The lowest BCUT2D eigenvalue weighted by Crippen LogP contribution is -2.10. The Bertz CT molecular complexity index is 415. The predicted octanol–water partition coefficient (Wildman–Crippen LogP) is 1.93. The summed E-state index contributed by atoms with van der Waals surface area (Å²) in [4.78, 5) is 8.81. The molecule has 1 heterocycles. The van der Waals surface area contributed by atoms with Gasteiger partial charge in [-0.2, -0.15) is 4.98 Å². The average molecular weight is 234 g/mol. The number of hydrogen-bond acceptors (Lipinski definition) is 5. The van der Waals surface area contributed by atoms with Crippen molar-refractivity contribution in [2.45, 2.75) is 25.7 Å². The summed E-state index contributed by atoms with van der Waals surface area (Å²) in [5.74, 6) is 2.43. The van der Waals surface area contributed by atoms with Gasteiger partial charge in [0.15, 0.2) is 5.82 Å². The van der Waals surface area contributed by atoms with Crippen LogP contribution in [-0.4, -0.2) is 23.1 Å². The Labute approximate surface area is 101 Å². The number of nitrogens with zero attached hydrogens (tertiary/aromatic N) is 2. The molecule has 1 aliphatic rings. The number of ether oxygens (including phenoxy) is 1. The second kappa shape index (κ2) is 5.03. The Morgan fingerprint density at radius 2 is 2.29 bits per heavy atom. The molecule has 1 aliphatic carbocycles. The van der Waals surface area contributed by atoms with E-state index in [4.69, 9.17) is 10.5 Å². The zero-order chi connectivity index (χ0) is 12.3. The molecule has 2 rings (SSSR count). The summed E-state index contributed by atoms with van der Waals surface area (Å²) in [6.07, 6.45) is 4.06. The molecule has 0 spiro atoms. The highest BCUT2D eigenvalue weighted by atomic mass is 16.5. The summed E-state index contributed by atoms with van der Waals surface area (Å²) in [5, 5.41) is 3.11. The van der Waals surface area contributed by atoms with Crippen LogP contribution in [0.4, 0.5) is 11.5 Å². The lowest BCUT2D eigenvalue weighted by atomic mass is 10.3. The molecule has 0 unspecified atom stereocenters. The van der Waals surface area contributed by atoms with E-state index in [1.54, 1.807) is 6.08 Å². The van der Waals surface area contributed by atoms with Crippen molar-refractivity contribution in [1.29, 1.82) is 0 Å². The standard InChI is InChI=1S/C12H18N4O/c1-3-7-14-11-9(13)12(17-4-2)16-10(15-11)8-5-6-8/h3,8H,1,4-7,13H2,2H3,(H,14,15,16). The number of hydrogen-bond donors (Lipinski definition) is 2. The average Bonchev–Trinajstić information content (AvgIpc) is 3.14. The van der Waals surface area contributed by atoms with Gasteiger partial charge in [-0.1, -0.05) is 6.08 Å². The highest BCUT2D eigenvalue weighted by molar-refractivity contribution is 5.67. The first kappa shape index (κ1) is 11.7. The fraction of sp³-hybridized carbons (Fsp3) is 0.500. The first-order valence-electron chi connectivity index (χ1n) is 5.91. The molecule has 0 aliphatic heterocycles. The zero-order valence-electron chi connectivity index (χ0n) is 10.1. The second-order valence-electron chi connectivity index (χ2n) is 4.03. The van der Waals surface area contributed by atoms with Crippen LogP contribution in [0.15, 0.2) is 12.7 Å². The van der Waals surface area contributed by atoms with Crippen molar-refractivity contribution in [3.05, 3.63) is 18.5 Å². The van der Waals surface area contributed by atoms with Gasteiger partial charge in [-0.15, -0.1) is 6.58 Å². The van der Waals surface area contributed by atoms with Crippen molar-refractivity contribution in [1.82, 2.24) is 9.97 Å². The van der Waals surface area contributed by atoms with Crippen LogP contribution in [0.5, 0.6) is 5.88 Å². The monoisotopic (exact) mass is 234 g/mol. The number of nitrogen functional groups attached to an aromatic ring is 1. The van der Waals surface area contributed by atoms with E-state index in [0.717, 1.165) is 18.7 Å². The molecule has 0 amide bonds. The van der Waals surface area contributed by atoms with Crippen molar-refractivity contribution in [3.63, 3.8) is 0 Å². The van der Waals surface area contributed by atoms with Crippen LogP contribution in [0.1, 0.15) is 31.5 Å². The van der Waals surface area contributed by atoms with Crippen LogP contribution in [0, 0.1) is 0 Å². The van der Waals surface area contributed by atoms with E-state index >= 15 is 0 Å². The summed E-state index contributed by atoms with van der Waals surface area (Å²) in [7, 11) is 0. The molecule has 5 heteroatoms. The molecule has 0 saturated heterocycles. The molecular formula is C12H18N4O. The van der Waals surface area contributed by atoms with E-state index in [0.29, 0.717) is 36.5 Å². The maximum Gasteiger partial charge on any atom is 0.242 e. The summed E-state index contributed by atoms with van der Waals surface area (Å²) in [6.45, 7) is 6.74. The molecule has 3 N–H and O–H groups in total. The minimum Gasteiger partial charge on any atom is -0.476 e. The van der Waals surface area contributed by atoms with Gasteiger partial charge in [0.2, 0.25) is 5.88 Å². The zero-order valence-corrected chi connectivity index (χ0v) is 10.1. The van der Waals surface area contributed by atoms with Gasteiger partial charge >= 0.3 is 0 Å². The molecular weight excluding hydrogens is 216 g/mol. The first-order valence-corrected chi connectivity index (χ1v) is 5.91. The Kier molecular flexibility index (Phi) is 3.46. The molecule has 0 aromatic carbocycles. The number of nitrogens with two attached hydrogens (primary N) is 1. The Morgan fingerprint density at radius 1 is 1.53 bits per heavy atom. The van der Waals surface area contributed by atoms with Crippen molar-refractivity contribution in [2.24, 2.45) is 0 Å². The van der Waals surface area contributed by atoms with Gasteiger partial charge < -0.3 is 15.8 Å². The van der Waals surface area contributed by atoms with E-state index < -0.39 is 0 Å². The Morgan fingerprint density at radius 3 is 2.88 bits per heavy atom. The van der Waals surface area contributed by atoms with Crippen molar-refractivity contribution >= 4 is 11.5 Å². The maximum atomic E-state index is 5.95. The highest BCUT2D eigenvalue weighted by Crippen LogP contribution is 2.40. The van der Waals surface area contributed by atoms with Gasteiger partial charge in [0.05, 0.1) is 6.61 Å². The minimum atomic E-state index is 0.470. The van der Waals surface area contributed by atoms with E-state index in [1.807, 2.05) is 6.92 Å². The van der Waals surface area contributed by atoms with Gasteiger partial charge in [-0.05, 0) is 19.8 Å². The quantitative estimate of drug-likeness (QED) is 0.736. The Hall–Kier alpha value is -1.78. The third-order valence-corrected chi connectivity index (χ3v) is 2.57. The second-order valence-corrected chi connectivity index (χ2v) is 4.03. The largest absolute Gasteiger partial charge is 0.476 e. The molecule has 1 aromatic heterocycles. The SMILES string of the molecule is C=CCNc1nc(C2CC2)nc(OCC)c1N. The summed E-state index contributed by atoms with van der Waals surface area (Å²) in [5.41, 5.74) is 6.42. The van der Waals surface area contributed by atoms with Gasteiger partial charge in [0.1, 0.15) is 11.5 Å². The van der Waals surface area contributed by atoms with E-state index in [2.05, 4.69) is 21.9 Å². The fourth-order valence-electron chi connectivity index (χ4n) is 1.54. The number of aromatic nitrogens is 2. The number of rotatable bonds is 6. The summed E-state index contributed by atoms with van der Waals surface area (Å²) in [6, 6.07) is 0. The minimum absolute atomic E-state index is 0.470. The fourth-order valence-corrected chi connectivity index (χ4v) is 1.54. The lowest BCUT2D eigenvalue weighted by Gasteiger charge is -2.12. The van der Waals surface area contributed by atoms with Crippen molar-refractivity contribution < 1.29 is 4.74 Å². The number of nitrogens with one attached hydrogen (secondary N) is 1. The van der Waals surface area contributed by atoms with E-state index in [9.17, 15) is 0 Å². The van der Waals surface area contributed by atoms with Crippen molar-refractivity contribution in [3.8, 4) is 5.88 Å². The van der Waals surface area contributed by atoms with Gasteiger partial charge in [-0.25, -0.2) is 4.98 Å². The van der Waals surface area contributed by atoms with Gasteiger partial charge in [-0.3, -0.25) is 0 Å². The van der Waals surface area contributed by atoms with Gasteiger partial charge in [0.25, 0.3) is 0 Å². The highest BCUT2D eigenvalue weighted by Gasteiger charge is 2.28. The topological polar surface area (TPSA) is 73.1 Å². The predicted molar refractivity (Wildman–Crippen MR) is 68.3 cm³/mol. The first-order chi connectivity index (χ1) is 8.26. The molecule has 1 fully saturated rings. The van der Waals surface area contributed by atoms with Gasteiger partial charge in [0, 0.05) is 12.5 Å². The summed E-state index contributed by atoms with van der Waals surface area (Å²) < 4.78 is 5.43. The maximum absolute atomic E-state index is 5.95. The number of anilines is 2. The normalized spacial score (nSPS) is 14.4. The van der Waals surface area contributed by atoms with Crippen LogP contribution in [0.25, 0.3) is 0 Å². The van der Waals surface area contributed by atoms with Crippen LogP contribution < -0.4 is 15.8 Å². The van der Waals surface area contributed by atoms with Crippen molar-refractivity contribution in [2.75, 3.05) is 24.2 Å². The van der Waals surface area contributed by atoms with Crippen LogP contribution in [0.2, 0.25) is 0 Å². The molecule has 0 radical (unpaired) electrons. The van der Waals surface area contributed by atoms with E-state index in [1.165, 1.54) is 0 Å². The molecule has 0 bridgehead atoms. The summed E-state index contributed by atoms with van der Waals surface area (Å²) >= 11 is 0. The van der Waals surface area contributed by atoms with Crippen LogP contribution in [-0.2, 0) is 0 Å². The molecule has 5 nitrogen and oxygen atoms in total.